The fourth-order valence-electron chi connectivity index (χ4n) is 3.44. The summed E-state index contributed by atoms with van der Waals surface area (Å²) >= 11 is 1.71. The van der Waals surface area contributed by atoms with Crippen LogP contribution in [0.1, 0.15) is 29.3 Å². The third kappa shape index (κ3) is 4.54. The zero-order chi connectivity index (χ0) is 19.2. The van der Waals surface area contributed by atoms with Crippen LogP contribution in [0.3, 0.4) is 0 Å². The molecule has 1 aliphatic rings. The van der Waals surface area contributed by atoms with Crippen LogP contribution in [0.5, 0.6) is 11.5 Å². The van der Waals surface area contributed by atoms with Gasteiger partial charge in [-0.05, 0) is 54.1 Å². The SMILES string of the molecule is O=C(COc1ccc(OCc2ccccc2)cc1)N1CCC[C@@H]1c1cccs1. The minimum Gasteiger partial charge on any atom is -0.489 e. The summed E-state index contributed by atoms with van der Waals surface area (Å²) < 4.78 is 11.5. The molecule has 1 fully saturated rings. The number of hydrogen-bond donors (Lipinski definition) is 0. The van der Waals surface area contributed by atoms with E-state index in [1.165, 1.54) is 4.88 Å². The average molecular weight is 394 g/mol. The maximum absolute atomic E-state index is 12.6. The Morgan fingerprint density at radius 3 is 2.43 bits per heavy atom. The highest BCUT2D eigenvalue weighted by atomic mass is 32.1. The van der Waals surface area contributed by atoms with Crippen molar-refractivity contribution in [3.8, 4) is 11.5 Å². The summed E-state index contributed by atoms with van der Waals surface area (Å²) in [5.41, 5.74) is 1.12. The quantitative estimate of drug-likeness (QED) is 0.563. The normalized spacial score (nSPS) is 16.1. The van der Waals surface area contributed by atoms with Gasteiger partial charge in [-0.3, -0.25) is 4.79 Å². The summed E-state index contributed by atoms with van der Waals surface area (Å²) in [5.74, 6) is 1.49. The van der Waals surface area contributed by atoms with E-state index in [0.29, 0.717) is 12.4 Å². The average Bonchev–Trinajstić information content (AvgIpc) is 3.43. The van der Waals surface area contributed by atoms with E-state index in [-0.39, 0.29) is 18.6 Å². The molecule has 3 aromatic rings. The molecule has 4 nitrogen and oxygen atoms in total. The number of carbonyl (C=O) groups is 1. The summed E-state index contributed by atoms with van der Waals surface area (Å²) in [6.45, 7) is 1.39. The summed E-state index contributed by atoms with van der Waals surface area (Å²) in [4.78, 5) is 15.8. The monoisotopic (exact) mass is 393 g/mol. The Kier molecular flexibility index (Phi) is 5.92. The van der Waals surface area contributed by atoms with E-state index in [4.69, 9.17) is 9.47 Å². The summed E-state index contributed by atoms with van der Waals surface area (Å²) in [6.07, 6.45) is 2.07. The van der Waals surface area contributed by atoms with Gasteiger partial charge in [0.25, 0.3) is 5.91 Å². The van der Waals surface area contributed by atoms with Gasteiger partial charge in [0.05, 0.1) is 6.04 Å². The van der Waals surface area contributed by atoms with Gasteiger partial charge in [0.15, 0.2) is 6.61 Å². The molecule has 2 aromatic carbocycles. The largest absolute Gasteiger partial charge is 0.489 e. The molecular formula is C23H23NO3S. The lowest BCUT2D eigenvalue weighted by atomic mass is 10.2. The molecule has 0 saturated carbocycles. The number of carbonyl (C=O) groups excluding carboxylic acids is 1. The Morgan fingerprint density at radius 2 is 1.71 bits per heavy atom. The summed E-state index contributed by atoms with van der Waals surface area (Å²) in [5, 5.41) is 2.06. The topological polar surface area (TPSA) is 38.8 Å². The van der Waals surface area contributed by atoms with Gasteiger partial charge < -0.3 is 14.4 Å². The Labute approximate surface area is 169 Å². The van der Waals surface area contributed by atoms with Crippen molar-refractivity contribution >= 4 is 17.2 Å². The number of hydrogen-bond acceptors (Lipinski definition) is 4. The van der Waals surface area contributed by atoms with E-state index in [2.05, 4.69) is 11.4 Å². The van der Waals surface area contributed by atoms with Crippen LogP contribution in [-0.2, 0) is 11.4 Å². The van der Waals surface area contributed by atoms with E-state index in [1.54, 1.807) is 11.3 Å². The first-order chi connectivity index (χ1) is 13.8. The second kappa shape index (κ2) is 8.93. The van der Waals surface area contributed by atoms with Crippen molar-refractivity contribution < 1.29 is 14.3 Å². The third-order valence-corrected chi connectivity index (χ3v) is 5.85. The molecule has 1 amide bonds. The third-order valence-electron chi connectivity index (χ3n) is 4.88. The van der Waals surface area contributed by atoms with Crippen molar-refractivity contribution in [1.29, 1.82) is 0 Å². The molecule has 5 heteroatoms. The molecule has 1 atom stereocenters. The van der Waals surface area contributed by atoms with Crippen molar-refractivity contribution in [2.24, 2.45) is 0 Å². The van der Waals surface area contributed by atoms with Crippen molar-refractivity contribution in [3.63, 3.8) is 0 Å². The molecule has 0 bridgehead atoms. The molecule has 144 valence electrons. The van der Waals surface area contributed by atoms with Gasteiger partial charge in [-0.25, -0.2) is 0 Å². The number of ether oxygens (including phenoxy) is 2. The molecule has 0 spiro atoms. The fraction of sp³-hybridized carbons (Fsp3) is 0.261. The van der Waals surface area contributed by atoms with Crippen LogP contribution in [-0.4, -0.2) is 24.0 Å². The maximum Gasteiger partial charge on any atom is 0.261 e. The molecule has 1 aromatic heterocycles. The highest BCUT2D eigenvalue weighted by Crippen LogP contribution is 2.34. The molecule has 28 heavy (non-hydrogen) atoms. The maximum atomic E-state index is 12.6. The predicted molar refractivity (Wildman–Crippen MR) is 111 cm³/mol. The zero-order valence-electron chi connectivity index (χ0n) is 15.6. The molecule has 1 saturated heterocycles. The van der Waals surface area contributed by atoms with Crippen LogP contribution in [0.15, 0.2) is 72.1 Å². The predicted octanol–water partition coefficient (Wildman–Crippen LogP) is 5.07. The van der Waals surface area contributed by atoms with Crippen LogP contribution in [0, 0.1) is 0 Å². The Hall–Kier alpha value is -2.79. The van der Waals surface area contributed by atoms with E-state index in [9.17, 15) is 4.79 Å². The van der Waals surface area contributed by atoms with Gasteiger partial charge in [-0.2, -0.15) is 0 Å². The van der Waals surface area contributed by atoms with E-state index in [0.717, 1.165) is 30.7 Å². The molecule has 2 heterocycles. The number of amides is 1. The molecule has 1 aliphatic heterocycles. The minimum atomic E-state index is 0.0419. The van der Waals surface area contributed by atoms with Crippen molar-refractivity contribution in [2.45, 2.75) is 25.5 Å². The van der Waals surface area contributed by atoms with Gasteiger partial charge in [-0.1, -0.05) is 36.4 Å². The lowest BCUT2D eigenvalue weighted by molar-refractivity contribution is -0.134. The molecule has 4 rings (SSSR count). The number of likely N-dealkylation sites (tertiary alicyclic amines) is 1. The van der Waals surface area contributed by atoms with Gasteiger partial charge >= 0.3 is 0 Å². The van der Waals surface area contributed by atoms with Gasteiger partial charge in [-0.15, -0.1) is 11.3 Å². The van der Waals surface area contributed by atoms with Crippen LogP contribution in [0.25, 0.3) is 0 Å². The molecule has 0 N–H and O–H groups in total. The van der Waals surface area contributed by atoms with Crippen LogP contribution in [0.2, 0.25) is 0 Å². The molecular weight excluding hydrogens is 370 g/mol. The van der Waals surface area contributed by atoms with Crippen molar-refractivity contribution in [1.82, 2.24) is 4.90 Å². The second-order valence-corrected chi connectivity index (χ2v) is 7.77. The minimum absolute atomic E-state index is 0.0419. The van der Waals surface area contributed by atoms with E-state index < -0.39 is 0 Å². The molecule has 0 aliphatic carbocycles. The molecule has 0 unspecified atom stereocenters. The van der Waals surface area contributed by atoms with Crippen molar-refractivity contribution in [3.05, 3.63) is 82.6 Å². The first kappa shape index (κ1) is 18.6. The molecule has 0 radical (unpaired) electrons. The lowest BCUT2D eigenvalue weighted by Gasteiger charge is -2.24. The zero-order valence-corrected chi connectivity index (χ0v) is 16.4. The Bertz CT molecular complexity index is 878. The fourth-order valence-corrected chi connectivity index (χ4v) is 4.32. The number of thiophene rings is 1. The second-order valence-electron chi connectivity index (χ2n) is 6.79. The van der Waals surface area contributed by atoms with Crippen LogP contribution in [0.4, 0.5) is 0 Å². The van der Waals surface area contributed by atoms with Gasteiger partial charge in [0, 0.05) is 11.4 Å². The number of nitrogens with zero attached hydrogens (tertiary/aromatic N) is 1. The number of rotatable bonds is 7. The standard InChI is InChI=1S/C23H23NO3S/c25-23(24-14-4-8-21(24)22-9-5-15-28-22)17-27-20-12-10-19(11-13-20)26-16-18-6-2-1-3-7-18/h1-3,5-7,9-13,15,21H,4,8,14,16-17H2/t21-/m1/s1. The first-order valence-corrected chi connectivity index (χ1v) is 10.4. The van der Waals surface area contributed by atoms with Gasteiger partial charge in [0.2, 0.25) is 0 Å². The number of benzene rings is 2. The summed E-state index contributed by atoms with van der Waals surface area (Å²) in [6, 6.07) is 21.8. The highest BCUT2D eigenvalue weighted by molar-refractivity contribution is 7.10. The summed E-state index contributed by atoms with van der Waals surface area (Å²) in [7, 11) is 0. The smallest absolute Gasteiger partial charge is 0.261 e. The van der Waals surface area contributed by atoms with Gasteiger partial charge in [0.1, 0.15) is 18.1 Å². The first-order valence-electron chi connectivity index (χ1n) is 9.52. The Morgan fingerprint density at radius 1 is 0.964 bits per heavy atom. The Balaban J connectivity index is 1.28. The van der Waals surface area contributed by atoms with E-state index >= 15 is 0 Å². The van der Waals surface area contributed by atoms with Crippen LogP contribution < -0.4 is 9.47 Å². The van der Waals surface area contributed by atoms with E-state index in [1.807, 2.05) is 65.6 Å². The lowest BCUT2D eigenvalue weighted by Crippen LogP contribution is -2.34. The van der Waals surface area contributed by atoms with Crippen molar-refractivity contribution in [2.75, 3.05) is 13.2 Å². The highest BCUT2D eigenvalue weighted by Gasteiger charge is 2.30. The van der Waals surface area contributed by atoms with Crippen LogP contribution >= 0.6 is 11.3 Å².